The molecule has 1 aromatic carbocycles. The number of aromatic hydroxyl groups is 1. The van der Waals surface area contributed by atoms with Crippen LogP contribution in [0.5, 0.6) is 5.75 Å². The van der Waals surface area contributed by atoms with Crippen molar-refractivity contribution in [3.05, 3.63) is 41.6 Å². The highest BCUT2D eigenvalue weighted by molar-refractivity contribution is 6.15. The number of aliphatic carboxylic acids is 1. The number of carbonyl (C=O) groups excluding carboxylic acids is 2. The predicted octanol–water partition coefficient (Wildman–Crippen LogP) is 0.697. The van der Waals surface area contributed by atoms with Crippen LogP contribution in [0.2, 0.25) is 0 Å². The molecule has 0 spiro atoms. The van der Waals surface area contributed by atoms with Crippen LogP contribution < -0.4 is 5.32 Å². The van der Waals surface area contributed by atoms with Crippen LogP contribution in [0.15, 0.2) is 36.0 Å². The lowest BCUT2D eigenvalue weighted by Crippen LogP contribution is -2.43. The number of carboxylic acid groups (broad SMARTS) is 1. The van der Waals surface area contributed by atoms with E-state index in [-0.39, 0.29) is 12.2 Å². The van der Waals surface area contributed by atoms with Crippen molar-refractivity contribution in [2.24, 2.45) is 0 Å². The first-order chi connectivity index (χ1) is 11.2. The molecule has 2 rings (SSSR count). The summed E-state index contributed by atoms with van der Waals surface area (Å²) in [6, 6.07) is 4.94. The molecule has 1 aliphatic heterocycles. The number of carboxylic acids is 1. The molecule has 0 amide bonds. The van der Waals surface area contributed by atoms with Gasteiger partial charge in [-0.05, 0) is 17.7 Å². The summed E-state index contributed by atoms with van der Waals surface area (Å²) in [6.45, 7) is 2.83. The third kappa shape index (κ3) is 4.25. The molecular formula is C16H17NO7. The predicted molar refractivity (Wildman–Crippen MR) is 80.7 cm³/mol. The SMILES string of the molecule is CC1(C)OC(=O)C(=CNC(Cc2ccc(O)cc2)C(=O)O)C(=O)O1. The van der Waals surface area contributed by atoms with Gasteiger partial charge in [0.15, 0.2) is 5.57 Å². The zero-order chi connectivity index (χ0) is 17.9. The number of hydrogen-bond donors (Lipinski definition) is 3. The number of ether oxygens (including phenoxy) is 2. The van der Waals surface area contributed by atoms with Gasteiger partial charge >= 0.3 is 17.9 Å². The Morgan fingerprint density at radius 2 is 1.75 bits per heavy atom. The number of hydrogen-bond acceptors (Lipinski definition) is 7. The largest absolute Gasteiger partial charge is 0.508 e. The third-order valence-electron chi connectivity index (χ3n) is 3.22. The highest BCUT2D eigenvalue weighted by atomic mass is 16.7. The van der Waals surface area contributed by atoms with Gasteiger partial charge in [-0.15, -0.1) is 0 Å². The van der Waals surface area contributed by atoms with E-state index in [1.807, 2.05) is 0 Å². The Balaban J connectivity index is 2.10. The molecule has 8 heteroatoms. The fourth-order valence-electron chi connectivity index (χ4n) is 2.05. The van der Waals surface area contributed by atoms with Crippen molar-refractivity contribution >= 4 is 17.9 Å². The highest BCUT2D eigenvalue weighted by Crippen LogP contribution is 2.22. The third-order valence-corrected chi connectivity index (χ3v) is 3.22. The van der Waals surface area contributed by atoms with Gasteiger partial charge in [0.2, 0.25) is 0 Å². The Kier molecular flexibility index (Phi) is 4.77. The van der Waals surface area contributed by atoms with Crippen molar-refractivity contribution in [2.75, 3.05) is 0 Å². The van der Waals surface area contributed by atoms with Crippen molar-refractivity contribution in [2.45, 2.75) is 32.1 Å². The second kappa shape index (κ2) is 6.61. The average Bonchev–Trinajstić information content (AvgIpc) is 2.45. The molecule has 0 saturated carbocycles. The lowest BCUT2D eigenvalue weighted by molar-refractivity contribution is -0.222. The second-order valence-corrected chi connectivity index (χ2v) is 5.66. The molecule has 1 fully saturated rings. The minimum atomic E-state index is -1.36. The molecule has 24 heavy (non-hydrogen) atoms. The first kappa shape index (κ1) is 17.3. The lowest BCUT2D eigenvalue weighted by atomic mass is 10.1. The smallest absolute Gasteiger partial charge is 0.350 e. The number of phenols is 1. The Hall–Kier alpha value is -3.03. The van der Waals surface area contributed by atoms with Gasteiger partial charge in [0.25, 0.3) is 5.79 Å². The minimum absolute atomic E-state index is 0.0658. The van der Waals surface area contributed by atoms with Gasteiger partial charge in [0, 0.05) is 26.5 Å². The van der Waals surface area contributed by atoms with Gasteiger partial charge in [-0.1, -0.05) is 12.1 Å². The van der Waals surface area contributed by atoms with Gasteiger partial charge in [-0.2, -0.15) is 0 Å². The maximum Gasteiger partial charge on any atom is 0.350 e. The number of rotatable bonds is 5. The maximum absolute atomic E-state index is 11.8. The minimum Gasteiger partial charge on any atom is -0.508 e. The van der Waals surface area contributed by atoms with E-state index in [4.69, 9.17) is 9.47 Å². The number of benzene rings is 1. The fraction of sp³-hybridized carbons (Fsp3) is 0.312. The van der Waals surface area contributed by atoms with Crippen LogP contribution in [0.4, 0.5) is 0 Å². The van der Waals surface area contributed by atoms with Gasteiger partial charge in [0.1, 0.15) is 11.8 Å². The van der Waals surface area contributed by atoms with Crippen LogP contribution >= 0.6 is 0 Å². The summed E-state index contributed by atoms with van der Waals surface area (Å²) in [6.07, 6.45) is 1.06. The molecule has 1 atom stereocenters. The lowest BCUT2D eigenvalue weighted by Gasteiger charge is -2.29. The van der Waals surface area contributed by atoms with Crippen molar-refractivity contribution in [3.63, 3.8) is 0 Å². The first-order valence-corrected chi connectivity index (χ1v) is 7.11. The van der Waals surface area contributed by atoms with Gasteiger partial charge in [0.05, 0.1) is 0 Å². The highest BCUT2D eigenvalue weighted by Gasteiger charge is 2.39. The molecule has 0 aliphatic carbocycles. The number of esters is 2. The summed E-state index contributed by atoms with van der Waals surface area (Å²) in [4.78, 5) is 34.9. The molecular weight excluding hydrogens is 318 g/mol. The molecule has 0 aromatic heterocycles. The molecule has 1 aliphatic rings. The van der Waals surface area contributed by atoms with Gasteiger partial charge in [-0.3, -0.25) is 0 Å². The number of nitrogens with one attached hydrogen (secondary N) is 1. The summed E-state index contributed by atoms with van der Waals surface area (Å²) in [5, 5.41) is 21.0. The molecule has 1 saturated heterocycles. The molecule has 8 nitrogen and oxygen atoms in total. The van der Waals surface area contributed by atoms with Crippen LogP contribution in [0, 0.1) is 0 Å². The first-order valence-electron chi connectivity index (χ1n) is 7.11. The zero-order valence-electron chi connectivity index (χ0n) is 13.1. The van der Waals surface area contributed by atoms with Gasteiger partial charge < -0.3 is 25.0 Å². The van der Waals surface area contributed by atoms with Crippen molar-refractivity contribution in [3.8, 4) is 5.75 Å². The van der Waals surface area contributed by atoms with Gasteiger partial charge in [-0.25, -0.2) is 14.4 Å². The molecule has 128 valence electrons. The second-order valence-electron chi connectivity index (χ2n) is 5.66. The number of phenolic OH excluding ortho intramolecular Hbond substituents is 1. The topological polar surface area (TPSA) is 122 Å². The summed E-state index contributed by atoms with van der Waals surface area (Å²) < 4.78 is 9.83. The van der Waals surface area contributed by atoms with E-state index < -0.39 is 35.3 Å². The summed E-state index contributed by atoms with van der Waals surface area (Å²) in [5.41, 5.74) is 0.243. The molecule has 1 unspecified atom stereocenters. The Morgan fingerprint density at radius 3 is 2.25 bits per heavy atom. The standard InChI is InChI=1S/C16H17NO7/c1-16(2)23-14(21)11(15(22)24-16)8-17-12(13(19)20)7-9-3-5-10(18)6-4-9/h3-6,8,12,17-18H,7H2,1-2H3,(H,19,20). The summed E-state index contributed by atoms with van der Waals surface area (Å²) >= 11 is 0. The maximum atomic E-state index is 11.8. The molecule has 1 aromatic rings. The van der Waals surface area contributed by atoms with E-state index in [0.29, 0.717) is 5.56 Å². The normalized spacial score (nSPS) is 17.5. The number of cyclic esters (lactones) is 2. The quantitative estimate of drug-likeness (QED) is 0.408. The van der Waals surface area contributed by atoms with E-state index >= 15 is 0 Å². The van der Waals surface area contributed by atoms with Crippen LogP contribution in [0.3, 0.4) is 0 Å². The van der Waals surface area contributed by atoms with E-state index in [0.717, 1.165) is 6.20 Å². The van der Waals surface area contributed by atoms with Crippen LogP contribution in [-0.4, -0.2) is 39.9 Å². The summed E-state index contributed by atoms with van der Waals surface area (Å²) in [5.74, 6) is -4.24. The van der Waals surface area contributed by atoms with Crippen LogP contribution in [0.25, 0.3) is 0 Å². The summed E-state index contributed by atoms with van der Waals surface area (Å²) in [7, 11) is 0. The Morgan fingerprint density at radius 1 is 1.21 bits per heavy atom. The van der Waals surface area contributed by atoms with Crippen molar-refractivity contribution < 1.29 is 34.1 Å². The Labute approximate surface area is 137 Å². The van der Waals surface area contributed by atoms with Crippen LogP contribution in [-0.2, 0) is 30.3 Å². The van der Waals surface area contributed by atoms with E-state index in [1.54, 1.807) is 12.1 Å². The van der Waals surface area contributed by atoms with Crippen LogP contribution in [0.1, 0.15) is 19.4 Å². The monoisotopic (exact) mass is 335 g/mol. The van der Waals surface area contributed by atoms with E-state index in [2.05, 4.69) is 5.32 Å². The molecule has 3 N–H and O–H groups in total. The Bertz CT molecular complexity index is 669. The van der Waals surface area contributed by atoms with Crippen molar-refractivity contribution in [1.82, 2.24) is 5.32 Å². The molecule has 0 bridgehead atoms. The van der Waals surface area contributed by atoms with Crippen molar-refractivity contribution in [1.29, 1.82) is 0 Å². The van der Waals surface area contributed by atoms with E-state index in [9.17, 15) is 24.6 Å². The fourth-order valence-corrected chi connectivity index (χ4v) is 2.05. The van der Waals surface area contributed by atoms with E-state index in [1.165, 1.54) is 26.0 Å². The zero-order valence-corrected chi connectivity index (χ0v) is 13.1. The number of carbonyl (C=O) groups is 3. The molecule has 0 radical (unpaired) electrons. The average molecular weight is 335 g/mol. The molecule has 1 heterocycles.